The van der Waals surface area contributed by atoms with Crippen molar-refractivity contribution in [2.75, 3.05) is 0 Å². The van der Waals surface area contributed by atoms with Crippen LogP contribution < -0.4 is 11.4 Å². The fourth-order valence-electron chi connectivity index (χ4n) is 5.91. The standard InChI is InChI=1S/C20H14O.2C10H9NO.Al/c21-20-7-3-6-18-13-17(10-11-19(18)20)16-9-8-14-4-1-2-5-15(14)12-16;2*1-7-5-6-8-3-2-4-9(12)10(8)11-7;/h1-13,21H;2*2-6,12H,1H3;/q;;;+3/p-3. The zero-order valence-corrected chi connectivity index (χ0v) is 26.6. The van der Waals surface area contributed by atoms with Gasteiger partial charge >= 0.3 is 15.1 Å². The average Bonchev–Trinajstić information content (AvgIpc) is 3.08. The molecule has 8 aromatic rings. The average molecular weight is 613 g/mol. The molecule has 0 unspecified atom stereocenters. The SMILES string of the molecule is Cc1ccc2cccc([O][Al]([O]c3cccc4cc(-c5ccc6ccccc6c5)ccc34)[O]c3cccc4ccc(C)nc34)c2n1. The predicted octanol–water partition coefficient (Wildman–Crippen LogP) is 9.89. The smallest absolute Gasteiger partial charge is 0.577 e. The van der Waals surface area contributed by atoms with Gasteiger partial charge in [-0.05, 0) is 83.6 Å². The van der Waals surface area contributed by atoms with Crippen LogP contribution in [0.4, 0.5) is 0 Å². The van der Waals surface area contributed by atoms with Crippen molar-refractivity contribution in [3.8, 4) is 28.4 Å². The van der Waals surface area contributed by atoms with Crippen molar-refractivity contribution < 1.29 is 11.4 Å². The van der Waals surface area contributed by atoms with Gasteiger partial charge in [-0.3, -0.25) is 0 Å². The lowest BCUT2D eigenvalue weighted by Crippen LogP contribution is -2.37. The number of rotatable bonds is 7. The maximum atomic E-state index is 6.74. The van der Waals surface area contributed by atoms with E-state index in [1.54, 1.807) is 0 Å². The molecule has 0 spiro atoms. The zero-order valence-electron chi connectivity index (χ0n) is 25.5. The minimum atomic E-state index is -2.95. The van der Waals surface area contributed by atoms with E-state index in [0.717, 1.165) is 49.5 Å². The van der Waals surface area contributed by atoms with E-state index >= 15 is 0 Å². The molecule has 220 valence electrons. The molecule has 0 atom stereocenters. The molecule has 6 aromatic carbocycles. The van der Waals surface area contributed by atoms with Crippen LogP contribution >= 0.6 is 0 Å². The molecule has 0 N–H and O–H groups in total. The second-order valence-corrected chi connectivity index (χ2v) is 12.7. The minimum Gasteiger partial charge on any atom is -0.577 e. The summed E-state index contributed by atoms with van der Waals surface area (Å²) in [6, 6.07) is 47.5. The maximum Gasteiger partial charge on any atom is 1.20 e. The summed E-state index contributed by atoms with van der Waals surface area (Å²) < 4.78 is 20.0. The third kappa shape index (κ3) is 5.50. The zero-order chi connectivity index (χ0) is 31.0. The molecule has 0 bridgehead atoms. The van der Waals surface area contributed by atoms with Crippen LogP contribution in [0, 0.1) is 13.8 Å². The van der Waals surface area contributed by atoms with Crippen LogP contribution in [0.25, 0.3) is 54.5 Å². The highest BCUT2D eigenvalue weighted by Gasteiger charge is 2.45. The number of pyridine rings is 2. The Morgan fingerprint density at radius 2 is 0.891 bits per heavy atom. The van der Waals surface area contributed by atoms with Crippen molar-refractivity contribution in [2.24, 2.45) is 0 Å². The molecular formula is C40H29AlN2O3. The highest BCUT2D eigenvalue weighted by molar-refractivity contribution is 6.40. The predicted molar refractivity (Wildman–Crippen MR) is 187 cm³/mol. The monoisotopic (exact) mass is 612 g/mol. The number of nitrogens with zero attached hydrogens (tertiary/aromatic N) is 2. The van der Waals surface area contributed by atoms with Crippen LogP contribution in [0.5, 0.6) is 17.2 Å². The molecule has 5 nitrogen and oxygen atoms in total. The van der Waals surface area contributed by atoms with E-state index in [0.29, 0.717) is 17.2 Å². The first-order chi connectivity index (χ1) is 22.6. The van der Waals surface area contributed by atoms with Gasteiger partial charge in [0, 0.05) is 27.5 Å². The van der Waals surface area contributed by atoms with E-state index in [1.165, 1.54) is 16.3 Å². The summed E-state index contributed by atoms with van der Waals surface area (Å²) in [5.41, 5.74) is 5.69. The molecule has 2 aromatic heterocycles. The van der Waals surface area contributed by atoms with Crippen LogP contribution in [0.1, 0.15) is 11.4 Å². The van der Waals surface area contributed by atoms with Gasteiger partial charge in [0.1, 0.15) is 22.5 Å². The number of aromatic nitrogens is 2. The maximum absolute atomic E-state index is 6.74. The first-order valence-electron chi connectivity index (χ1n) is 15.3. The lowest BCUT2D eigenvalue weighted by atomic mass is 9.98. The molecule has 6 heteroatoms. The third-order valence-electron chi connectivity index (χ3n) is 8.24. The first-order valence-corrected chi connectivity index (χ1v) is 16.7. The van der Waals surface area contributed by atoms with Gasteiger partial charge in [0.05, 0.1) is 5.75 Å². The first kappa shape index (κ1) is 28.1. The number of aryl methyl sites for hydroxylation is 2. The lowest BCUT2D eigenvalue weighted by Gasteiger charge is -2.19. The van der Waals surface area contributed by atoms with E-state index in [-0.39, 0.29) is 0 Å². The van der Waals surface area contributed by atoms with Crippen LogP contribution in [0.2, 0.25) is 0 Å². The second-order valence-electron chi connectivity index (χ2n) is 11.5. The Kier molecular flexibility index (Phi) is 7.23. The minimum absolute atomic E-state index is 0.626. The molecular weight excluding hydrogens is 583 g/mol. The van der Waals surface area contributed by atoms with Gasteiger partial charge in [0.15, 0.2) is 0 Å². The van der Waals surface area contributed by atoms with Gasteiger partial charge in [-0.2, -0.15) is 0 Å². The van der Waals surface area contributed by atoms with E-state index in [9.17, 15) is 0 Å². The summed E-state index contributed by atoms with van der Waals surface area (Å²) in [4.78, 5) is 9.57. The second kappa shape index (κ2) is 11.8. The third-order valence-corrected chi connectivity index (χ3v) is 9.58. The Labute approximate surface area is 272 Å². The number of hydrogen-bond donors (Lipinski definition) is 0. The summed E-state index contributed by atoms with van der Waals surface area (Å²) in [5.74, 6) is 1.95. The Balaban J connectivity index is 1.19. The summed E-state index contributed by atoms with van der Waals surface area (Å²) >= 11 is -2.95. The van der Waals surface area contributed by atoms with E-state index in [2.05, 4.69) is 78.9 Å². The normalized spacial score (nSPS) is 11.3. The highest BCUT2D eigenvalue weighted by Crippen LogP contribution is 2.33. The molecule has 0 saturated heterocycles. The molecule has 8 rings (SSSR count). The van der Waals surface area contributed by atoms with E-state index in [4.69, 9.17) is 21.3 Å². The number of fused-ring (bicyclic) bond motifs is 4. The summed E-state index contributed by atoms with van der Waals surface area (Å²) in [6.45, 7) is 3.95. The summed E-state index contributed by atoms with van der Waals surface area (Å²) in [7, 11) is 0. The largest absolute Gasteiger partial charge is 1.20 e. The van der Waals surface area contributed by atoms with Crippen molar-refractivity contribution in [3.05, 3.63) is 151 Å². The summed E-state index contributed by atoms with van der Waals surface area (Å²) in [5, 5.41) is 6.48. The van der Waals surface area contributed by atoms with Crippen LogP contribution in [-0.2, 0) is 0 Å². The molecule has 0 aliphatic heterocycles. The fraction of sp³-hybridized carbons (Fsp3) is 0.0500. The van der Waals surface area contributed by atoms with Crippen molar-refractivity contribution in [2.45, 2.75) is 13.8 Å². The topological polar surface area (TPSA) is 53.5 Å². The van der Waals surface area contributed by atoms with Gasteiger partial charge in [-0.15, -0.1) is 0 Å². The van der Waals surface area contributed by atoms with Crippen LogP contribution in [-0.4, -0.2) is 25.1 Å². The number of benzene rings is 6. The Morgan fingerprint density at radius 3 is 1.54 bits per heavy atom. The Bertz CT molecular complexity index is 2320. The van der Waals surface area contributed by atoms with Gasteiger partial charge in [0.2, 0.25) is 0 Å². The molecule has 0 aliphatic rings. The van der Waals surface area contributed by atoms with E-state index in [1.807, 2.05) is 74.5 Å². The van der Waals surface area contributed by atoms with Crippen molar-refractivity contribution in [3.63, 3.8) is 0 Å². The van der Waals surface area contributed by atoms with Gasteiger partial charge in [-0.25, -0.2) is 9.97 Å². The number of hydrogen-bond acceptors (Lipinski definition) is 5. The molecule has 0 aliphatic carbocycles. The molecule has 0 saturated carbocycles. The van der Waals surface area contributed by atoms with Crippen molar-refractivity contribution >= 4 is 58.5 Å². The molecule has 0 amide bonds. The Morgan fingerprint density at radius 1 is 0.413 bits per heavy atom. The Hall–Kier alpha value is -5.41. The van der Waals surface area contributed by atoms with Gasteiger partial charge in [-0.1, -0.05) is 97.1 Å². The molecule has 0 radical (unpaired) electrons. The molecule has 46 heavy (non-hydrogen) atoms. The fourth-order valence-corrected chi connectivity index (χ4v) is 7.27. The van der Waals surface area contributed by atoms with Gasteiger partial charge < -0.3 is 11.4 Å². The van der Waals surface area contributed by atoms with Crippen LogP contribution in [0.15, 0.2) is 140 Å². The summed E-state index contributed by atoms with van der Waals surface area (Å²) in [6.07, 6.45) is 0. The number of para-hydroxylation sites is 2. The highest BCUT2D eigenvalue weighted by atomic mass is 27.3. The molecule has 0 fully saturated rings. The lowest BCUT2D eigenvalue weighted by molar-refractivity contribution is 0.311. The van der Waals surface area contributed by atoms with Crippen LogP contribution in [0.3, 0.4) is 0 Å². The molecule has 2 heterocycles. The van der Waals surface area contributed by atoms with Gasteiger partial charge in [0.25, 0.3) is 0 Å². The quantitative estimate of drug-likeness (QED) is 0.168. The van der Waals surface area contributed by atoms with Crippen molar-refractivity contribution in [1.29, 1.82) is 0 Å². The van der Waals surface area contributed by atoms with E-state index < -0.39 is 15.1 Å². The van der Waals surface area contributed by atoms with Crippen molar-refractivity contribution in [1.82, 2.24) is 9.97 Å².